The van der Waals surface area contributed by atoms with Gasteiger partial charge in [-0.2, -0.15) is 0 Å². The number of carbonyl (C=O) groups is 2. The first-order valence-corrected chi connectivity index (χ1v) is 11.3. The summed E-state index contributed by atoms with van der Waals surface area (Å²) in [5.41, 5.74) is 6.43. The molecule has 9 heteroatoms. The molecule has 1 unspecified atom stereocenters. The molecule has 2 fully saturated rings. The maximum atomic E-state index is 12.6. The number of nitrogens with one attached hydrogen (secondary N) is 1. The highest BCUT2D eigenvalue weighted by molar-refractivity contribution is 5.92. The molecule has 1 aromatic heterocycles. The van der Waals surface area contributed by atoms with E-state index in [0.717, 1.165) is 30.4 Å². The van der Waals surface area contributed by atoms with Gasteiger partial charge in [0.15, 0.2) is 0 Å². The summed E-state index contributed by atoms with van der Waals surface area (Å²) in [5, 5.41) is 4.10. The van der Waals surface area contributed by atoms with Crippen molar-refractivity contribution < 1.29 is 14.3 Å². The molecule has 2 aliphatic rings. The number of hydrogen-bond acceptors (Lipinski definition) is 7. The number of hydrogen-bond donors (Lipinski definition) is 2. The fourth-order valence-corrected chi connectivity index (χ4v) is 4.33. The Kier molecular flexibility index (Phi) is 6.86. The van der Waals surface area contributed by atoms with Gasteiger partial charge >= 0.3 is 0 Å². The molecule has 2 saturated heterocycles. The van der Waals surface area contributed by atoms with Crippen molar-refractivity contribution in [3.8, 4) is 0 Å². The first kappa shape index (κ1) is 22.4. The van der Waals surface area contributed by atoms with Crippen LogP contribution in [0.25, 0.3) is 10.9 Å². The Morgan fingerprint density at radius 1 is 1.19 bits per heavy atom. The van der Waals surface area contributed by atoms with E-state index in [1.165, 1.54) is 0 Å². The molecule has 0 spiro atoms. The van der Waals surface area contributed by atoms with Crippen LogP contribution in [0.5, 0.6) is 0 Å². The van der Waals surface area contributed by atoms with E-state index in [-0.39, 0.29) is 17.7 Å². The predicted octanol–water partition coefficient (Wildman–Crippen LogP) is 1.23. The molecular weight excluding hydrogens is 408 g/mol. The summed E-state index contributed by atoms with van der Waals surface area (Å²) in [7, 11) is 0. The van der Waals surface area contributed by atoms with Crippen LogP contribution >= 0.6 is 0 Å². The SMILES string of the molecule is CC(C)[C@H](Nc1nc(CN2CCN(C(=O)C3CCOC3)CC2)nc2ccccc12)C(N)=O. The summed E-state index contributed by atoms with van der Waals surface area (Å²) in [6, 6.07) is 7.23. The normalized spacial score (nSPS) is 20.6. The molecule has 9 nitrogen and oxygen atoms in total. The number of rotatable bonds is 7. The van der Waals surface area contributed by atoms with Crippen molar-refractivity contribution in [2.45, 2.75) is 32.9 Å². The van der Waals surface area contributed by atoms with Gasteiger partial charge in [0, 0.05) is 38.2 Å². The number of carbonyl (C=O) groups excluding carboxylic acids is 2. The van der Waals surface area contributed by atoms with E-state index in [1.807, 2.05) is 43.0 Å². The molecule has 0 aliphatic carbocycles. The highest BCUT2D eigenvalue weighted by Crippen LogP contribution is 2.23. The number of aromatic nitrogens is 2. The van der Waals surface area contributed by atoms with Gasteiger partial charge in [-0.15, -0.1) is 0 Å². The Hall–Kier alpha value is -2.78. The van der Waals surface area contributed by atoms with Gasteiger partial charge < -0.3 is 20.7 Å². The average molecular weight is 441 g/mol. The van der Waals surface area contributed by atoms with Crippen LogP contribution in [0.1, 0.15) is 26.1 Å². The van der Waals surface area contributed by atoms with Crippen LogP contribution < -0.4 is 11.1 Å². The minimum absolute atomic E-state index is 0.0122. The summed E-state index contributed by atoms with van der Waals surface area (Å²) in [6.07, 6.45) is 0.822. The average Bonchev–Trinajstić information content (AvgIpc) is 3.32. The molecule has 1 aromatic carbocycles. The van der Waals surface area contributed by atoms with Crippen LogP contribution in [-0.4, -0.2) is 77.0 Å². The number of nitrogens with zero attached hydrogens (tertiary/aromatic N) is 4. The molecule has 0 radical (unpaired) electrons. The molecule has 0 saturated carbocycles. The standard InChI is InChI=1S/C23H32N6O3/c1-15(2)20(21(24)30)27-22-17-5-3-4-6-18(17)25-19(26-22)13-28-8-10-29(11-9-28)23(31)16-7-12-32-14-16/h3-6,15-16,20H,7-14H2,1-2H3,(H2,24,30)(H,25,26,27)/t16?,20-/m0/s1. The van der Waals surface area contributed by atoms with Crippen molar-refractivity contribution >= 4 is 28.5 Å². The maximum Gasteiger partial charge on any atom is 0.240 e. The Morgan fingerprint density at radius 2 is 1.94 bits per heavy atom. The van der Waals surface area contributed by atoms with Crippen LogP contribution in [0.2, 0.25) is 0 Å². The zero-order valence-electron chi connectivity index (χ0n) is 18.8. The van der Waals surface area contributed by atoms with E-state index in [1.54, 1.807) is 0 Å². The Bertz CT molecular complexity index is 967. The molecule has 0 bridgehead atoms. The quantitative estimate of drug-likeness (QED) is 0.666. The smallest absolute Gasteiger partial charge is 0.240 e. The van der Waals surface area contributed by atoms with Crippen LogP contribution in [-0.2, 0) is 20.9 Å². The van der Waals surface area contributed by atoms with Crippen molar-refractivity contribution in [2.75, 3.05) is 44.7 Å². The largest absolute Gasteiger partial charge is 0.381 e. The Labute approximate surface area is 188 Å². The highest BCUT2D eigenvalue weighted by Gasteiger charge is 2.30. The number of anilines is 1. The Balaban J connectivity index is 1.46. The number of amides is 2. The number of nitrogens with two attached hydrogens (primary N) is 1. The molecule has 3 heterocycles. The molecule has 2 aliphatic heterocycles. The maximum absolute atomic E-state index is 12.6. The fourth-order valence-electron chi connectivity index (χ4n) is 4.33. The van der Waals surface area contributed by atoms with E-state index >= 15 is 0 Å². The number of fused-ring (bicyclic) bond motifs is 1. The second-order valence-electron chi connectivity index (χ2n) is 8.94. The van der Waals surface area contributed by atoms with Crippen molar-refractivity contribution in [1.29, 1.82) is 0 Å². The number of primary amides is 1. The van der Waals surface area contributed by atoms with E-state index < -0.39 is 11.9 Å². The molecule has 2 amide bonds. The van der Waals surface area contributed by atoms with E-state index in [0.29, 0.717) is 44.5 Å². The van der Waals surface area contributed by atoms with E-state index in [4.69, 9.17) is 20.4 Å². The number of benzene rings is 1. The molecule has 2 aromatic rings. The lowest BCUT2D eigenvalue weighted by molar-refractivity contribution is -0.137. The van der Waals surface area contributed by atoms with Crippen molar-refractivity contribution in [2.24, 2.45) is 17.6 Å². The third-order valence-electron chi connectivity index (χ3n) is 6.24. The minimum atomic E-state index is -0.518. The summed E-state index contributed by atoms with van der Waals surface area (Å²) >= 11 is 0. The monoisotopic (exact) mass is 440 g/mol. The zero-order chi connectivity index (χ0) is 22.7. The van der Waals surface area contributed by atoms with Gasteiger partial charge in [0.05, 0.1) is 24.6 Å². The van der Waals surface area contributed by atoms with Gasteiger partial charge in [-0.05, 0) is 24.5 Å². The highest BCUT2D eigenvalue weighted by atomic mass is 16.5. The summed E-state index contributed by atoms with van der Waals surface area (Å²) in [4.78, 5) is 38.3. The van der Waals surface area contributed by atoms with Crippen molar-refractivity contribution in [1.82, 2.24) is 19.8 Å². The van der Waals surface area contributed by atoms with Gasteiger partial charge in [-0.3, -0.25) is 14.5 Å². The van der Waals surface area contributed by atoms with Crippen LogP contribution in [0, 0.1) is 11.8 Å². The zero-order valence-corrected chi connectivity index (χ0v) is 18.8. The molecule has 2 atom stereocenters. The third-order valence-corrected chi connectivity index (χ3v) is 6.24. The molecular formula is C23H32N6O3. The van der Waals surface area contributed by atoms with Crippen LogP contribution in [0.4, 0.5) is 5.82 Å². The van der Waals surface area contributed by atoms with E-state index in [9.17, 15) is 9.59 Å². The molecule has 3 N–H and O–H groups in total. The van der Waals surface area contributed by atoms with Gasteiger partial charge in [0.2, 0.25) is 11.8 Å². The molecule has 32 heavy (non-hydrogen) atoms. The minimum Gasteiger partial charge on any atom is -0.381 e. The lowest BCUT2D eigenvalue weighted by atomic mass is 10.0. The van der Waals surface area contributed by atoms with Gasteiger partial charge in [-0.25, -0.2) is 9.97 Å². The summed E-state index contributed by atoms with van der Waals surface area (Å²) in [5.74, 6) is 1.15. The molecule has 4 rings (SSSR count). The first-order chi connectivity index (χ1) is 15.4. The summed E-state index contributed by atoms with van der Waals surface area (Å²) < 4.78 is 5.36. The van der Waals surface area contributed by atoms with Gasteiger partial charge in [-0.1, -0.05) is 26.0 Å². The van der Waals surface area contributed by atoms with Crippen molar-refractivity contribution in [3.63, 3.8) is 0 Å². The predicted molar refractivity (Wildman–Crippen MR) is 122 cm³/mol. The second-order valence-corrected chi connectivity index (χ2v) is 8.94. The van der Waals surface area contributed by atoms with Crippen LogP contribution in [0.3, 0.4) is 0 Å². The Morgan fingerprint density at radius 3 is 2.59 bits per heavy atom. The molecule has 172 valence electrons. The number of para-hydroxylation sites is 1. The van der Waals surface area contributed by atoms with E-state index in [2.05, 4.69) is 10.2 Å². The van der Waals surface area contributed by atoms with Crippen LogP contribution in [0.15, 0.2) is 24.3 Å². The fraction of sp³-hybridized carbons (Fsp3) is 0.565. The third kappa shape index (κ3) is 4.99. The number of ether oxygens (including phenoxy) is 1. The second kappa shape index (κ2) is 9.79. The van der Waals surface area contributed by atoms with Crippen molar-refractivity contribution in [3.05, 3.63) is 30.1 Å². The summed E-state index contributed by atoms with van der Waals surface area (Å²) in [6.45, 7) is 8.65. The lowest BCUT2D eigenvalue weighted by Crippen LogP contribution is -2.50. The first-order valence-electron chi connectivity index (χ1n) is 11.3. The van der Waals surface area contributed by atoms with Gasteiger partial charge in [0.25, 0.3) is 0 Å². The van der Waals surface area contributed by atoms with Gasteiger partial charge in [0.1, 0.15) is 17.7 Å². The lowest BCUT2D eigenvalue weighted by Gasteiger charge is -2.35. The number of piperazine rings is 1. The topological polar surface area (TPSA) is 114 Å².